The van der Waals surface area contributed by atoms with Gasteiger partial charge in [0.05, 0.1) is 11.8 Å². The van der Waals surface area contributed by atoms with Crippen molar-refractivity contribution in [2.45, 2.75) is 31.9 Å². The van der Waals surface area contributed by atoms with Crippen molar-refractivity contribution in [3.63, 3.8) is 0 Å². The van der Waals surface area contributed by atoms with Crippen molar-refractivity contribution < 1.29 is 5.11 Å². The molecular weight excluding hydrogens is 292 g/mol. The summed E-state index contributed by atoms with van der Waals surface area (Å²) < 4.78 is 3.26. The fraction of sp³-hybridized carbons (Fsp3) is 0.357. The van der Waals surface area contributed by atoms with E-state index < -0.39 is 0 Å². The van der Waals surface area contributed by atoms with Gasteiger partial charge in [-0.25, -0.2) is 4.98 Å². The second-order valence-electron chi connectivity index (χ2n) is 4.80. The lowest BCUT2D eigenvalue weighted by Gasteiger charge is -2.18. The molecule has 1 aliphatic heterocycles. The third kappa shape index (κ3) is 2.49. The molecule has 0 saturated heterocycles. The van der Waals surface area contributed by atoms with Crippen molar-refractivity contribution in [2.24, 2.45) is 0 Å². The quantitative estimate of drug-likeness (QED) is 0.926. The fourth-order valence-electron chi connectivity index (χ4n) is 2.41. The first-order valence-electron chi connectivity index (χ1n) is 6.18. The molecule has 0 bridgehead atoms. The van der Waals surface area contributed by atoms with Crippen LogP contribution in [-0.2, 0) is 19.4 Å². The Labute approximate surface area is 115 Å². The molecule has 1 unspecified atom stereocenters. The van der Waals surface area contributed by atoms with E-state index in [4.69, 9.17) is 0 Å². The van der Waals surface area contributed by atoms with E-state index in [0.717, 1.165) is 35.4 Å². The van der Waals surface area contributed by atoms with Gasteiger partial charge in [0.15, 0.2) is 0 Å². The molecule has 1 atom stereocenters. The number of aliphatic hydroxyl groups excluding tert-OH is 1. The minimum Gasteiger partial charge on any atom is -0.393 e. The molecule has 0 radical (unpaired) electrons. The lowest BCUT2D eigenvalue weighted by molar-refractivity contribution is 0.141. The van der Waals surface area contributed by atoms with E-state index in [1.54, 1.807) is 0 Å². The normalized spacial score (nSPS) is 18.7. The molecule has 1 aromatic carbocycles. The zero-order valence-electron chi connectivity index (χ0n) is 10.0. The SMILES string of the molecule is OC1CCn2cc(Cc3cccc(Br)c3)nc2C1. The van der Waals surface area contributed by atoms with Gasteiger partial charge in [-0.15, -0.1) is 0 Å². The minimum absolute atomic E-state index is 0.224. The highest BCUT2D eigenvalue weighted by Gasteiger charge is 2.18. The Kier molecular flexibility index (Phi) is 3.22. The van der Waals surface area contributed by atoms with Gasteiger partial charge in [-0.05, 0) is 24.1 Å². The summed E-state index contributed by atoms with van der Waals surface area (Å²) in [6, 6.07) is 8.29. The summed E-state index contributed by atoms with van der Waals surface area (Å²) in [4.78, 5) is 4.61. The lowest BCUT2D eigenvalue weighted by Crippen LogP contribution is -2.22. The van der Waals surface area contributed by atoms with Gasteiger partial charge in [-0.3, -0.25) is 0 Å². The minimum atomic E-state index is -0.224. The number of rotatable bonds is 2. The second kappa shape index (κ2) is 4.86. The molecule has 0 fully saturated rings. The largest absolute Gasteiger partial charge is 0.393 e. The number of hydrogen-bond acceptors (Lipinski definition) is 2. The van der Waals surface area contributed by atoms with Gasteiger partial charge < -0.3 is 9.67 Å². The van der Waals surface area contributed by atoms with Crippen LogP contribution in [0.4, 0.5) is 0 Å². The first-order chi connectivity index (χ1) is 8.70. The Hall–Kier alpha value is -1.13. The van der Waals surface area contributed by atoms with E-state index in [-0.39, 0.29) is 6.10 Å². The summed E-state index contributed by atoms with van der Waals surface area (Å²) in [5, 5.41) is 9.63. The number of hydrogen-bond donors (Lipinski definition) is 1. The number of aliphatic hydroxyl groups is 1. The van der Waals surface area contributed by atoms with Crippen LogP contribution in [0.1, 0.15) is 23.5 Å². The highest BCUT2D eigenvalue weighted by molar-refractivity contribution is 9.10. The summed E-state index contributed by atoms with van der Waals surface area (Å²) >= 11 is 3.48. The van der Waals surface area contributed by atoms with Crippen molar-refractivity contribution in [1.29, 1.82) is 0 Å². The van der Waals surface area contributed by atoms with Crippen molar-refractivity contribution in [2.75, 3.05) is 0 Å². The van der Waals surface area contributed by atoms with E-state index in [9.17, 15) is 5.11 Å². The summed E-state index contributed by atoms with van der Waals surface area (Å²) in [5.41, 5.74) is 2.33. The Bertz CT molecular complexity index is 565. The Balaban J connectivity index is 1.82. The fourth-order valence-corrected chi connectivity index (χ4v) is 2.86. The van der Waals surface area contributed by atoms with Gasteiger partial charge in [0.1, 0.15) is 5.82 Å². The van der Waals surface area contributed by atoms with E-state index in [1.165, 1.54) is 5.56 Å². The molecule has 94 valence electrons. The highest BCUT2D eigenvalue weighted by Crippen LogP contribution is 2.18. The van der Waals surface area contributed by atoms with Gasteiger partial charge in [0.2, 0.25) is 0 Å². The lowest BCUT2D eigenvalue weighted by atomic mass is 10.1. The van der Waals surface area contributed by atoms with E-state index in [0.29, 0.717) is 6.42 Å². The van der Waals surface area contributed by atoms with Crippen LogP contribution >= 0.6 is 15.9 Å². The van der Waals surface area contributed by atoms with Crippen LogP contribution < -0.4 is 0 Å². The van der Waals surface area contributed by atoms with Crippen LogP contribution in [0.3, 0.4) is 0 Å². The summed E-state index contributed by atoms with van der Waals surface area (Å²) in [7, 11) is 0. The molecule has 2 aromatic rings. The zero-order chi connectivity index (χ0) is 12.5. The molecule has 0 spiro atoms. The molecule has 1 aromatic heterocycles. The molecule has 0 saturated carbocycles. The molecule has 1 N–H and O–H groups in total. The molecule has 0 amide bonds. The molecule has 1 aliphatic rings. The molecule has 0 aliphatic carbocycles. The monoisotopic (exact) mass is 306 g/mol. The molecule has 2 heterocycles. The topological polar surface area (TPSA) is 38.0 Å². The second-order valence-corrected chi connectivity index (χ2v) is 5.71. The number of halogens is 1. The molecular formula is C14H15BrN2O. The van der Waals surface area contributed by atoms with Crippen LogP contribution in [-0.4, -0.2) is 20.8 Å². The van der Waals surface area contributed by atoms with Crippen molar-refractivity contribution >= 4 is 15.9 Å². The van der Waals surface area contributed by atoms with E-state index in [1.807, 2.05) is 12.1 Å². The van der Waals surface area contributed by atoms with E-state index in [2.05, 4.69) is 43.8 Å². The summed E-state index contributed by atoms with van der Waals surface area (Å²) in [6.45, 7) is 0.877. The van der Waals surface area contributed by atoms with Gasteiger partial charge in [0.25, 0.3) is 0 Å². The maximum atomic E-state index is 9.63. The van der Waals surface area contributed by atoms with Crippen LogP contribution in [0.5, 0.6) is 0 Å². The van der Waals surface area contributed by atoms with Gasteiger partial charge >= 0.3 is 0 Å². The number of aryl methyl sites for hydroxylation is 1. The van der Waals surface area contributed by atoms with Gasteiger partial charge in [0, 0.05) is 30.1 Å². The first-order valence-corrected chi connectivity index (χ1v) is 6.97. The molecule has 3 nitrogen and oxygen atoms in total. The number of nitrogens with zero attached hydrogens (tertiary/aromatic N) is 2. The van der Waals surface area contributed by atoms with Crippen molar-refractivity contribution in [1.82, 2.24) is 9.55 Å². The molecule has 3 rings (SSSR count). The molecule has 4 heteroatoms. The Morgan fingerprint density at radius 2 is 2.33 bits per heavy atom. The first kappa shape index (κ1) is 11.9. The maximum Gasteiger partial charge on any atom is 0.111 e. The predicted octanol–water partition coefficient (Wildman–Crippen LogP) is 2.54. The Morgan fingerprint density at radius 3 is 3.17 bits per heavy atom. The van der Waals surface area contributed by atoms with Crippen LogP contribution in [0.25, 0.3) is 0 Å². The number of fused-ring (bicyclic) bond motifs is 1. The van der Waals surface area contributed by atoms with Crippen LogP contribution in [0, 0.1) is 0 Å². The van der Waals surface area contributed by atoms with Crippen LogP contribution in [0.2, 0.25) is 0 Å². The zero-order valence-corrected chi connectivity index (χ0v) is 11.6. The Morgan fingerprint density at radius 1 is 1.44 bits per heavy atom. The van der Waals surface area contributed by atoms with Crippen LogP contribution in [0.15, 0.2) is 34.9 Å². The third-order valence-electron chi connectivity index (χ3n) is 3.30. The smallest absolute Gasteiger partial charge is 0.111 e. The number of benzene rings is 1. The average molecular weight is 307 g/mol. The third-order valence-corrected chi connectivity index (χ3v) is 3.80. The van der Waals surface area contributed by atoms with Gasteiger partial charge in [-0.1, -0.05) is 28.1 Å². The van der Waals surface area contributed by atoms with Crippen molar-refractivity contribution in [3.05, 3.63) is 52.0 Å². The standard InChI is InChI=1S/C14H15BrN2O/c15-11-3-1-2-10(6-11)7-12-9-17-5-4-13(18)8-14(17)16-12/h1-3,6,9,13,18H,4-5,7-8H2. The highest BCUT2D eigenvalue weighted by atomic mass is 79.9. The average Bonchev–Trinajstić information content (AvgIpc) is 2.70. The summed E-state index contributed by atoms with van der Waals surface area (Å²) in [5.74, 6) is 1.01. The van der Waals surface area contributed by atoms with E-state index >= 15 is 0 Å². The predicted molar refractivity (Wildman–Crippen MR) is 73.5 cm³/mol. The number of imidazole rings is 1. The number of aromatic nitrogens is 2. The molecule has 18 heavy (non-hydrogen) atoms. The maximum absolute atomic E-state index is 9.63. The summed E-state index contributed by atoms with van der Waals surface area (Å²) in [6.07, 6.45) is 4.24. The van der Waals surface area contributed by atoms with Crippen molar-refractivity contribution in [3.8, 4) is 0 Å². The van der Waals surface area contributed by atoms with Gasteiger partial charge in [-0.2, -0.15) is 0 Å².